The zero-order chi connectivity index (χ0) is 19.4. The van der Waals surface area contributed by atoms with E-state index in [1.807, 2.05) is 0 Å². The van der Waals surface area contributed by atoms with Gasteiger partial charge in [0.25, 0.3) is 5.69 Å². The van der Waals surface area contributed by atoms with Crippen molar-refractivity contribution in [2.75, 3.05) is 26.2 Å². The van der Waals surface area contributed by atoms with Crippen LogP contribution in [0.25, 0.3) is 0 Å². The van der Waals surface area contributed by atoms with E-state index in [1.165, 1.54) is 24.3 Å². The van der Waals surface area contributed by atoms with Gasteiger partial charge in [0.15, 0.2) is 0 Å². The van der Waals surface area contributed by atoms with E-state index in [0.29, 0.717) is 0 Å². The molecule has 6 nitrogen and oxygen atoms in total. The Bertz CT molecular complexity index is 773. The zero-order valence-corrected chi connectivity index (χ0v) is 14.3. The number of nitro groups is 1. The normalized spacial score (nSPS) is 16.7. The van der Waals surface area contributed by atoms with Gasteiger partial charge in [-0.25, -0.2) is 0 Å². The van der Waals surface area contributed by atoms with Gasteiger partial charge in [0.2, 0.25) is 0 Å². The number of nitrogens with zero attached hydrogens (tertiary/aromatic N) is 2. The summed E-state index contributed by atoms with van der Waals surface area (Å²) in [5.74, 6) is -0.283. The van der Waals surface area contributed by atoms with Gasteiger partial charge in [0, 0.05) is 38.3 Å². The average molecular weight is 381 g/mol. The predicted molar refractivity (Wildman–Crippen MR) is 92.5 cm³/mol. The lowest BCUT2D eigenvalue weighted by Gasteiger charge is -2.35. The highest BCUT2D eigenvalue weighted by Crippen LogP contribution is 2.32. The Morgan fingerprint density at radius 3 is 2.00 bits per heavy atom. The van der Waals surface area contributed by atoms with Gasteiger partial charge in [-0.05, 0) is 23.3 Å². The molecule has 1 heterocycles. The van der Waals surface area contributed by atoms with Crippen LogP contribution in [-0.4, -0.2) is 42.4 Å². The highest BCUT2D eigenvalue weighted by Gasteiger charge is 2.31. The van der Waals surface area contributed by atoms with Gasteiger partial charge in [-0.2, -0.15) is 0 Å². The molecule has 0 unspecified atom stereocenters. The van der Waals surface area contributed by atoms with Crippen molar-refractivity contribution < 1.29 is 22.8 Å². The van der Waals surface area contributed by atoms with Gasteiger partial charge in [-0.3, -0.25) is 15.0 Å². The summed E-state index contributed by atoms with van der Waals surface area (Å²) >= 11 is 0. The summed E-state index contributed by atoms with van der Waals surface area (Å²) in [7, 11) is 0. The van der Waals surface area contributed by atoms with Crippen LogP contribution in [0.3, 0.4) is 0 Å². The number of nitro benzene ring substituents is 1. The lowest BCUT2D eigenvalue weighted by Crippen LogP contribution is -2.45. The number of alkyl halides is 3. The van der Waals surface area contributed by atoms with Gasteiger partial charge in [-0.1, -0.05) is 24.3 Å². The molecule has 0 saturated carbocycles. The number of nitrogens with one attached hydrogen (secondary N) is 1. The van der Waals surface area contributed by atoms with Crippen LogP contribution in [0.1, 0.15) is 17.2 Å². The molecule has 1 saturated heterocycles. The Hall–Kier alpha value is -2.65. The van der Waals surface area contributed by atoms with Crippen molar-refractivity contribution in [2.24, 2.45) is 0 Å². The first-order valence-electron chi connectivity index (χ1n) is 8.38. The highest BCUT2D eigenvalue weighted by molar-refractivity contribution is 5.40. The van der Waals surface area contributed by atoms with Crippen LogP contribution in [0.15, 0.2) is 48.5 Å². The molecule has 1 fully saturated rings. The molecule has 1 atom stereocenters. The van der Waals surface area contributed by atoms with Crippen LogP contribution in [-0.2, 0) is 0 Å². The molecular weight excluding hydrogens is 363 g/mol. The quantitative estimate of drug-likeness (QED) is 0.634. The van der Waals surface area contributed by atoms with Crippen LogP contribution in [0.2, 0.25) is 0 Å². The third kappa shape index (κ3) is 4.95. The van der Waals surface area contributed by atoms with Crippen molar-refractivity contribution in [3.05, 3.63) is 69.8 Å². The number of hydrogen-bond donors (Lipinski definition) is 1. The number of hydrogen-bond acceptors (Lipinski definition) is 5. The molecule has 0 aromatic heterocycles. The SMILES string of the molecule is O=[N+]([O-])c1ccc([C@H](c2ccc(OC(F)(F)F)cc2)N2CCNCC2)cc1. The molecular formula is C18H18F3N3O3. The largest absolute Gasteiger partial charge is 0.573 e. The lowest BCUT2D eigenvalue weighted by atomic mass is 9.96. The van der Waals surface area contributed by atoms with Crippen LogP contribution in [0.4, 0.5) is 18.9 Å². The topological polar surface area (TPSA) is 67.6 Å². The van der Waals surface area contributed by atoms with Crippen molar-refractivity contribution in [2.45, 2.75) is 12.4 Å². The van der Waals surface area contributed by atoms with Crippen LogP contribution in [0.5, 0.6) is 5.75 Å². The molecule has 2 aromatic rings. The minimum absolute atomic E-state index is 0.00765. The Morgan fingerprint density at radius 1 is 1.00 bits per heavy atom. The second kappa shape index (κ2) is 7.93. The molecule has 144 valence electrons. The van der Waals surface area contributed by atoms with E-state index in [4.69, 9.17) is 0 Å². The van der Waals surface area contributed by atoms with Crippen molar-refractivity contribution in [1.82, 2.24) is 10.2 Å². The Morgan fingerprint density at radius 2 is 1.52 bits per heavy atom. The molecule has 0 spiro atoms. The molecule has 9 heteroatoms. The second-order valence-corrected chi connectivity index (χ2v) is 6.15. The Kier molecular flexibility index (Phi) is 5.62. The average Bonchev–Trinajstić information content (AvgIpc) is 2.63. The number of ether oxygens (including phenoxy) is 1. The first-order valence-corrected chi connectivity index (χ1v) is 8.38. The summed E-state index contributed by atoms with van der Waals surface area (Å²) in [6.07, 6.45) is -4.74. The number of rotatable bonds is 5. The summed E-state index contributed by atoms with van der Waals surface area (Å²) in [6, 6.07) is 11.8. The smallest absolute Gasteiger partial charge is 0.406 e. The van der Waals surface area contributed by atoms with Crippen molar-refractivity contribution in [3.63, 3.8) is 0 Å². The fourth-order valence-electron chi connectivity index (χ4n) is 3.18. The highest BCUT2D eigenvalue weighted by atomic mass is 19.4. The number of non-ortho nitro benzene ring substituents is 1. The van der Waals surface area contributed by atoms with Gasteiger partial charge >= 0.3 is 6.36 Å². The molecule has 2 aromatic carbocycles. The predicted octanol–water partition coefficient (Wildman–Crippen LogP) is 3.49. The maximum Gasteiger partial charge on any atom is 0.573 e. The summed E-state index contributed by atoms with van der Waals surface area (Å²) in [4.78, 5) is 12.6. The monoisotopic (exact) mass is 381 g/mol. The minimum Gasteiger partial charge on any atom is -0.406 e. The molecule has 0 bridgehead atoms. The first-order chi connectivity index (χ1) is 12.8. The summed E-state index contributed by atoms with van der Waals surface area (Å²) in [5.41, 5.74) is 1.62. The zero-order valence-electron chi connectivity index (χ0n) is 14.3. The van der Waals surface area contributed by atoms with E-state index in [9.17, 15) is 23.3 Å². The van der Waals surface area contributed by atoms with E-state index in [0.717, 1.165) is 37.3 Å². The standard InChI is InChI=1S/C18H18F3N3O3/c19-18(20,21)27-16-7-3-14(4-8-16)17(23-11-9-22-10-12-23)13-1-5-15(6-2-13)24(25)26/h1-8,17,22H,9-12H2/t17-/m1/s1. The molecule has 0 amide bonds. The summed E-state index contributed by atoms with van der Waals surface area (Å²) in [6.45, 7) is 3.09. The van der Waals surface area contributed by atoms with E-state index in [2.05, 4.69) is 15.0 Å². The molecule has 27 heavy (non-hydrogen) atoms. The summed E-state index contributed by atoms with van der Waals surface area (Å²) in [5, 5.41) is 14.1. The van der Waals surface area contributed by atoms with Crippen LogP contribution >= 0.6 is 0 Å². The number of piperazine rings is 1. The van der Waals surface area contributed by atoms with Gasteiger partial charge in [0.05, 0.1) is 11.0 Å². The maximum absolute atomic E-state index is 12.4. The van der Waals surface area contributed by atoms with E-state index < -0.39 is 11.3 Å². The molecule has 1 aliphatic rings. The third-order valence-electron chi connectivity index (χ3n) is 4.37. The third-order valence-corrected chi connectivity index (χ3v) is 4.37. The van der Waals surface area contributed by atoms with E-state index in [1.54, 1.807) is 24.3 Å². The van der Waals surface area contributed by atoms with Gasteiger partial charge < -0.3 is 10.1 Å². The fourth-order valence-corrected chi connectivity index (χ4v) is 3.18. The lowest BCUT2D eigenvalue weighted by molar-refractivity contribution is -0.384. The minimum atomic E-state index is -4.74. The number of benzene rings is 2. The second-order valence-electron chi connectivity index (χ2n) is 6.15. The number of halogens is 3. The summed E-state index contributed by atoms with van der Waals surface area (Å²) < 4.78 is 41.0. The Labute approximate surface area is 153 Å². The van der Waals surface area contributed by atoms with Crippen molar-refractivity contribution in [1.29, 1.82) is 0 Å². The fraction of sp³-hybridized carbons (Fsp3) is 0.333. The molecule has 0 radical (unpaired) electrons. The van der Waals surface area contributed by atoms with Crippen molar-refractivity contribution in [3.8, 4) is 5.75 Å². The van der Waals surface area contributed by atoms with E-state index in [-0.39, 0.29) is 17.5 Å². The van der Waals surface area contributed by atoms with Crippen LogP contribution < -0.4 is 10.1 Å². The van der Waals surface area contributed by atoms with Crippen LogP contribution in [0, 0.1) is 10.1 Å². The van der Waals surface area contributed by atoms with Gasteiger partial charge in [-0.15, -0.1) is 13.2 Å². The first kappa shape index (κ1) is 19.1. The molecule has 0 aliphatic carbocycles. The molecule has 1 aliphatic heterocycles. The van der Waals surface area contributed by atoms with E-state index >= 15 is 0 Å². The van der Waals surface area contributed by atoms with Gasteiger partial charge in [0.1, 0.15) is 5.75 Å². The molecule has 3 rings (SSSR count). The van der Waals surface area contributed by atoms with Crippen molar-refractivity contribution >= 4 is 5.69 Å². The Balaban J connectivity index is 1.91. The maximum atomic E-state index is 12.4. The molecule has 1 N–H and O–H groups in total.